The van der Waals surface area contributed by atoms with Gasteiger partial charge in [0.15, 0.2) is 11.5 Å². The molecule has 1 unspecified atom stereocenters. The van der Waals surface area contributed by atoms with Crippen molar-refractivity contribution in [2.75, 3.05) is 13.2 Å². The monoisotopic (exact) mass is 370 g/mol. The third-order valence-corrected chi connectivity index (χ3v) is 4.28. The first kappa shape index (κ1) is 14.7. The molecule has 0 radical (unpaired) electrons. The second kappa shape index (κ2) is 6.24. The van der Waals surface area contributed by atoms with Crippen molar-refractivity contribution < 1.29 is 13.9 Å². The van der Waals surface area contributed by atoms with Gasteiger partial charge in [-0.05, 0) is 29.8 Å². The average Bonchev–Trinajstić information content (AvgIpc) is 2.71. The van der Waals surface area contributed by atoms with Crippen LogP contribution in [0.1, 0.15) is 22.9 Å². The van der Waals surface area contributed by atoms with E-state index in [-0.39, 0.29) is 5.82 Å². The Balaban J connectivity index is 1.94. The number of fused-ring (bicyclic) bond motifs is 1. The van der Waals surface area contributed by atoms with Crippen LogP contribution < -0.4 is 9.47 Å². The highest BCUT2D eigenvalue weighted by Crippen LogP contribution is 2.37. The van der Waals surface area contributed by atoms with Crippen LogP contribution in [0.3, 0.4) is 0 Å². The minimum absolute atomic E-state index is 0.337. The van der Waals surface area contributed by atoms with Gasteiger partial charge in [-0.3, -0.25) is 0 Å². The quantitative estimate of drug-likeness (QED) is 0.686. The fourth-order valence-electron chi connectivity index (χ4n) is 2.22. The lowest BCUT2D eigenvalue weighted by atomic mass is 10.0. The summed E-state index contributed by atoms with van der Waals surface area (Å²) in [5.74, 6) is 1.03. The predicted octanol–water partition coefficient (Wildman–Crippen LogP) is 5.08. The van der Waals surface area contributed by atoms with Gasteiger partial charge in [0.25, 0.3) is 0 Å². The van der Waals surface area contributed by atoms with E-state index in [1.165, 1.54) is 6.07 Å². The second-order valence-electron chi connectivity index (χ2n) is 4.79. The summed E-state index contributed by atoms with van der Waals surface area (Å²) in [6.07, 6.45) is 0.843. The summed E-state index contributed by atoms with van der Waals surface area (Å²) in [5.41, 5.74) is 1.22. The molecule has 2 nitrogen and oxygen atoms in total. The fraction of sp³-hybridized carbons (Fsp3) is 0.250. The SMILES string of the molecule is Fc1cc(Br)ccc1C(Cl)c1ccc2c(c1)OCCCO2. The van der Waals surface area contributed by atoms with Gasteiger partial charge in [0.2, 0.25) is 0 Å². The second-order valence-corrected chi connectivity index (χ2v) is 6.14. The van der Waals surface area contributed by atoms with E-state index in [0.717, 1.165) is 12.0 Å². The zero-order valence-corrected chi connectivity index (χ0v) is 13.5. The predicted molar refractivity (Wildman–Crippen MR) is 83.8 cm³/mol. The Labute approximate surface area is 136 Å². The van der Waals surface area contributed by atoms with Crippen LogP contribution in [0.5, 0.6) is 11.5 Å². The maximum absolute atomic E-state index is 14.0. The van der Waals surface area contributed by atoms with Crippen molar-refractivity contribution in [3.05, 3.63) is 57.8 Å². The molecule has 5 heteroatoms. The third-order valence-electron chi connectivity index (χ3n) is 3.30. The van der Waals surface area contributed by atoms with Crippen LogP contribution in [0.2, 0.25) is 0 Å². The minimum Gasteiger partial charge on any atom is -0.490 e. The fourth-order valence-corrected chi connectivity index (χ4v) is 2.87. The van der Waals surface area contributed by atoms with Crippen LogP contribution in [0.15, 0.2) is 40.9 Å². The van der Waals surface area contributed by atoms with Crippen molar-refractivity contribution >= 4 is 27.5 Å². The molecule has 1 aliphatic rings. The first-order valence-corrected chi connectivity index (χ1v) is 7.86. The molecule has 1 atom stereocenters. The summed E-state index contributed by atoms with van der Waals surface area (Å²) >= 11 is 9.66. The molecule has 0 aromatic heterocycles. The summed E-state index contributed by atoms with van der Waals surface area (Å²) in [5, 5.41) is -0.574. The van der Waals surface area contributed by atoms with Gasteiger partial charge in [0.05, 0.1) is 18.6 Å². The van der Waals surface area contributed by atoms with Crippen LogP contribution in [-0.4, -0.2) is 13.2 Å². The Hall–Kier alpha value is -1.26. The Morgan fingerprint density at radius 1 is 1.05 bits per heavy atom. The van der Waals surface area contributed by atoms with E-state index >= 15 is 0 Å². The molecule has 2 aromatic rings. The van der Waals surface area contributed by atoms with Crippen LogP contribution >= 0.6 is 27.5 Å². The molecular formula is C16H13BrClFO2. The van der Waals surface area contributed by atoms with E-state index < -0.39 is 5.38 Å². The number of hydrogen-bond donors (Lipinski definition) is 0. The van der Waals surface area contributed by atoms with E-state index in [1.54, 1.807) is 12.1 Å². The van der Waals surface area contributed by atoms with Gasteiger partial charge < -0.3 is 9.47 Å². The molecule has 0 saturated carbocycles. The number of alkyl halides is 1. The highest BCUT2D eigenvalue weighted by Gasteiger charge is 2.18. The van der Waals surface area contributed by atoms with Gasteiger partial charge in [0.1, 0.15) is 5.82 Å². The highest BCUT2D eigenvalue weighted by atomic mass is 79.9. The molecule has 110 valence electrons. The lowest BCUT2D eigenvalue weighted by Crippen LogP contribution is -1.99. The Morgan fingerprint density at radius 2 is 1.81 bits per heavy atom. The maximum Gasteiger partial charge on any atom is 0.161 e. The first-order valence-electron chi connectivity index (χ1n) is 6.64. The third kappa shape index (κ3) is 3.16. The number of rotatable bonds is 2. The molecule has 0 aliphatic carbocycles. The van der Waals surface area contributed by atoms with E-state index in [4.69, 9.17) is 21.1 Å². The Morgan fingerprint density at radius 3 is 2.57 bits per heavy atom. The number of ether oxygens (including phenoxy) is 2. The van der Waals surface area contributed by atoms with E-state index in [1.807, 2.05) is 18.2 Å². The molecular weight excluding hydrogens is 359 g/mol. The first-order chi connectivity index (χ1) is 10.1. The minimum atomic E-state index is -0.574. The van der Waals surface area contributed by atoms with Crippen LogP contribution in [0.25, 0.3) is 0 Å². The van der Waals surface area contributed by atoms with Crippen molar-refractivity contribution in [1.29, 1.82) is 0 Å². The van der Waals surface area contributed by atoms with E-state index in [9.17, 15) is 4.39 Å². The van der Waals surface area contributed by atoms with E-state index in [2.05, 4.69) is 15.9 Å². The molecule has 0 amide bonds. The van der Waals surface area contributed by atoms with Gasteiger partial charge in [-0.1, -0.05) is 28.1 Å². The number of benzene rings is 2. The Kier molecular flexibility index (Phi) is 4.36. The van der Waals surface area contributed by atoms with Crippen LogP contribution in [0, 0.1) is 5.82 Å². The molecule has 0 N–H and O–H groups in total. The summed E-state index contributed by atoms with van der Waals surface area (Å²) < 4.78 is 25.9. The van der Waals surface area contributed by atoms with Gasteiger partial charge in [-0.25, -0.2) is 4.39 Å². The lowest BCUT2D eigenvalue weighted by Gasteiger charge is -2.14. The average molecular weight is 372 g/mol. The van der Waals surface area contributed by atoms with Crippen LogP contribution in [-0.2, 0) is 0 Å². The summed E-state index contributed by atoms with van der Waals surface area (Å²) in [6, 6.07) is 10.3. The van der Waals surface area contributed by atoms with Gasteiger partial charge in [-0.2, -0.15) is 0 Å². The lowest BCUT2D eigenvalue weighted by molar-refractivity contribution is 0.297. The summed E-state index contributed by atoms with van der Waals surface area (Å²) in [6.45, 7) is 1.24. The Bertz CT molecular complexity index is 663. The zero-order valence-electron chi connectivity index (χ0n) is 11.1. The molecule has 1 heterocycles. The van der Waals surface area contributed by atoms with Crippen LogP contribution in [0.4, 0.5) is 4.39 Å². The molecule has 0 spiro atoms. The largest absolute Gasteiger partial charge is 0.490 e. The molecule has 3 rings (SSSR count). The molecule has 21 heavy (non-hydrogen) atoms. The van der Waals surface area contributed by atoms with Gasteiger partial charge in [0, 0.05) is 16.5 Å². The maximum atomic E-state index is 14.0. The molecule has 0 saturated heterocycles. The number of halogens is 3. The summed E-state index contributed by atoms with van der Waals surface area (Å²) in [4.78, 5) is 0. The highest BCUT2D eigenvalue weighted by molar-refractivity contribution is 9.10. The molecule has 0 bridgehead atoms. The van der Waals surface area contributed by atoms with Gasteiger partial charge in [-0.15, -0.1) is 11.6 Å². The normalized spacial score (nSPS) is 15.4. The standard InChI is InChI=1S/C16H13BrClFO2/c17-11-3-4-12(13(19)9-11)16(18)10-2-5-14-15(8-10)21-7-1-6-20-14/h2-5,8-9,16H,1,6-7H2. The zero-order chi connectivity index (χ0) is 14.8. The molecule has 1 aliphatic heterocycles. The van der Waals surface area contributed by atoms with Crippen molar-refractivity contribution in [1.82, 2.24) is 0 Å². The summed E-state index contributed by atoms with van der Waals surface area (Å²) in [7, 11) is 0. The number of hydrogen-bond acceptors (Lipinski definition) is 2. The molecule has 0 fully saturated rings. The topological polar surface area (TPSA) is 18.5 Å². The van der Waals surface area contributed by atoms with Crippen molar-refractivity contribution in [2.45, 2.75) is 11.8 Å². The van der Waals surface area contributed by atoms with Gasteiger partial charge >= 0.3 is 0 Å². The van der Waals surface area contributed by atoms with Crippen molar-refractivity contribution in [3.8, 4) is 11.5 Å². The van der Waals surface area contributed by atoms with Crippen molar-refractivity contribution in [3.63, 3.8) is 0 Å². The van der Waals surface area contributed by atoms with E-state index in [0.29, 0.717) is 34.7 Å². The molecule has 2 aromatic carbocycles. The van der Waals surface area contributed by atoms with Crippen molar-refractivity contribution in [2.24, 2.45) is 0 Å². The smallest absolute Gasteiger partial charge is 0.161 e.